The van der Waals surface area contributed by atoms with Gasteiger partial charge in [-0.1, -0.05) is 6.07 Å². The van der Waals surface area contributed by atoms with Crippen LogP contribution >= 0.6 is 0 Å². The minimum Gasteiger partial charge on any atom is -0.310 e. The van der Waals surface area contributed by atoms with Crippen molar-refractivity contribution < 1.29 is 1.43 Å². The Balaban J connectivity index is 0.000000720. The second-order valence-corrected chi connectivity index (χ2v) is 3.03. The first-order valence-corrected chi connectivity index (χ1v) is 4.02. The summed E-state index contributed by atoms with van der Waals surface area (Å²) >= 11 is 0. The molecule has 60 valence electrons. The molecule has 0 bridgehead atoms. The van der Waals surface area contributed by atoms with Gasteiger partial charge in [-0.3, -0.25) is 4.98 Å². The van der Waals surface area contributed by atoms with Gasteiger partial charge in [0.25, 0.3) is 0 Å². The van der Waals surface area contributed by atoms with Crippen molar-refractivity contribution in [2.45, 2.75) is 19.4 Å². The Hall–Kier alpha value is -0.890. The molecule has 1 atom stereocenters. The first-order valence-electron chi connectivity index (χ1n) is 4.02. The molecule has 1 aromatic rings. The number of aromatic nitrogens is 1. The predicted octanol–water partition coefficient (Wildman–Crippen LogP) is 1.67. The van der Waals surface area contributed by atoms with Crippen molar-refractivity contribution in [2.75, 3.05) is 6.54 Å². The maximum Gasteiger partial charge on any atom is 0.0372 e. The molecule has 0 saturated carbocycles. The Morgan fingerprint density at radius 1 is 1.64 bits per heavy atom. The van der Waals surface area contributed by atoms with Crippen LogP contribution in [0.4, 0.5) is 0 Å². The zero-order valence-corrected chi connectivity index (χ0v) is 6.67. The van der Waals surface area contributed by atoms with E-state index in [0.29, 0.717) is 6.04 Å². The van der Waals surface area contributed by atoms with Crippen LogP contribution in [0.2, 0.25) is 0 Å². The molecule has 2 rings (SSSR count). The normalized spacial score (nSPS) is 22.8. The fourth-order valence-electron chi connectivity index (χ4n) is 1.26. The number of hydrogen-bond acceptors (Lipinski definition) is 2. The SMILES string of the molecule is Cc1ccc([C@@H]2CCN2)cn1.[HH]. The van der Waals surface area contributed by atoms with Crippen LogP contribution in [0, 0.1) is 6.92 Å². The topological polar surface area (TPSA) is 24.9 Å². The molecule has 1 saturated heterocycles. The van der Waals surface area contributed by atoms with E-state index in [2.05, 4.69) is 22.4 Å². The van der Waals surface area contributed by atoms with Crippen LogP contribution < -0.4 is 5.32 Å². The maximum absolute atomic E-state index is 4.24. The lowest BCUT2D eigenvalue weighted by atomic mass is 10.00. The Kier molecular flexibility index (Phi) is 1.62. The average molecular weight is 150 g/mol. The van der Waals surface area contributed by atoms with Gasteiger partial charge in [0, 0.05) is 19.4 Å². The number of rotatable bonds is 1. The molecule has 0 radical (unpaired) electrons. The van der Waals surface area contributed by atoms with Crippen LogP contribution in [-0.2, 0) is 0 Å². The lowest BCUT2D eigenvalue weighted by Crippen LogP contribution is -2.34. The molecular formula is C9H14N2. The zero-order chi connectivity index (χ0) is 7.68. The minimum absolute atomic E-state index is 0. The van der Waals surface area contributed by atoms with Gasteiger partial charge in [0.05, 0.1) is 0 Å². The third-order valence-electron chi connectivity index (χ3n) is 2.16. The molecule has 0 unspecified atom stereocenters. The van der Waals surface area contributed by atoms with Gasteiger partial charge in [-0.2, -0.15) is 0 Å². The van der Waals surface area contributed by atoms with Crippen LogP contribution in [-0.4, -0.2) is 11.5 Å². The van der Waals surface area contributed by atoms with Crippen molar-refractivity contribution in [3.05, 3.63) is 29.6 Å². The highest BCUT2D eigenvalue weighted by molar-refractivity contribution is 5.18. The van der Waals surface area contributed by atoms with E-state index in [9.17, 15) is 0 Å². The molecule has 1 N–H and O–H groups in total. The fraction of sp³-hybridized carbons (Fsp3) is 0.444. The molecule has 1 fully saturated rings. The summed E-state index contributed by atoms with van der Waals surface area (Å²) in [7, 11) is 0. The summed E-state index contributed by atoms with van der Waals surface area (Å²) in [4.78, 5) is 4.24. The summed E-state index contributed by atoms with van der Waals surface area (Å²) in [6, 6.07) is 4.79. The second-order valence-electron chi connectivity index (χ2n) is 3.03. The lowest BCUT2D eigenvalue weighted by molar-refractivity contribution is 0.382. The van der Waals surface area contributed by atoms with Crippen molar-refractivity contribution >= 4 is 0 Å². The quantitative estimate of drug-likeness (QED) is 0.658. The molecule has 0 spiro atoms. The van der Waals surface area contributed by atoms with E-state index in [0.717, 1.165) is 12.2 Å². The van der Waals surface area contributed by atoms with Gasteiger partial charge in [-0.05, 0) is 31.5 Å². The largest absolute Gasteiger partial charge is 0.310 e. The third-order valence-corrected chi connectivity index (χ3v) is 2.16. The molecule has 0 aromatic carbocycles. The van der Waals surface area contributed by atoms with Crippen LogP contribution in [0.1, 0.15) is 25.1 Å². The molecule has 2 heterocycles. The number of nitrogens with zero attached hydrogens (tertiary/aromatic N) is 1. The zero-order valence-electron chi connectivity index (χ0n) is 6.67. The molecule has 1 aliphatic heterocycles. The van der Waals surface area contributed by atoms with Crippen LogP contribution in [0.5, 0.6) is 0 Å². The van der Waals surface area contributed by atoms with Gasteiger partial charge >= 0.3 is 0 Å². The summed E-state index contributed by atoms with van der Waals surface area (Å²) in [5, 5.41) is 3.34. The van der Waals surface area contributed by atoms with Crippen molar-refractivity contribution in [3.8, 4) is 0 Å². The molecule has 2 heteroatoms. The second kappa shape index (κ2) is 2.62. The van der Waals surface area contributed by atoms with Gasteiger partial charge in [0.1, 0.15) is 0 Å². The van der Waals surface area contributed by atoms with Gasteiger partial charge in [0.2, 0.25) is 0 Å². The van der Waals surface area contributed by atoms with E-state index in [1.807, 2.05) is 13.1 Å². The summed E-state index contributed by atoms with van der Waals surface area (Å²) in [6.45, 7) is 3.16. The summed E-state index contributed by atoms with van der Waals surface area (Å²) < 4.78 is 0. The average Bonchev–Trinajstić information content (AvgIpc) is 1.90. The number of pyridine rings is 1. The monoisotopic (exact) mass is 150 g/mol. The maximum atomic E-state index is 4.24. The Bertz CT molecular complexity index is 241. The minimum atomic E-state index is 0. The van der Waals surface area contributed by atoms with E-state index < -0.39 is 0 Å². The third kappa shape index (κ3) is 1.26. The highest BCUT2D eigenvalue weighted by atomic mass is 15.0. The summed E-state index contributed by atoms with van der Waals surface area (Å²) in [6.07, 6.45) is 3.22. The standard InChI is InChI=1S/C9H12N2.H2/c1-7-2-3-8(6-11-7)9-4-5-10-9;/h2-3,6,9-10H,4-5H2,1H3;1H/t9-;/m0./s1. The summed E-state index contributed by atoms with van der Waals surface area (Å²) in [5.41, 5.74) is 2.41. The van der Waals surface area contributed by atoms with Crippen molar-refractivity contribution in [1.82, 2.24) is 10.3 Å². The predicted molar refractivity (Wildman–Crippen MR) is 46.4 cm³/mol. The van der Waals surface area contributed by atoms with Gasteiger partial charge in [-0.15, -0.1) is 0 Å². The van der Waals surface area contributed by atoms with Crippen LogP contribution in [0.25, 0.3) is 0 Å². The van der Waals surface area contributed by atoms with Crippen LogP contribution in [0.3, 0.4) is 0 Å². The van der Waals surface area contributed by atoms with E-state index in [4.69, 9.17) is 0 Å². The van der Waals surface area contributed by atoms with Gasteiger partial charge in [-0.25, -0.2) is 0 Å². The van der Waals surface area contributed by atoms with Crippen molar-refractivity contribution in [3.63, 3.8) is 0 Å². The van der Waals surface area contributed by atoms with Gasteiger partial charge in [0.15, 0.2) is 0 Å². The molecule has 11 heavy (non-hydrogen) atoms. The summed E-state index contributed by atoms with van der Waals surface area (Å²) in [5.74, 6) is 0. The Morgan fingerprint density at radius 3 is 2.91 bits per heavy atom. The Labute approximate surface area is 68.1 Å². The smallest absolute Gasteiger partial charge is 0.0372 e. The lowest BCUT2D eigenvalue weighted by Gasteiger charge is -2.27. The molecular weight excluding hydrogens is 136 g/mol. The number of aryl methyl sites for hydroxylation is 1. The van der Waals surface area contributed by atoms with E-state index >= 15 is 0 Å². The van der Waals surface area contributed by atoms with E-state index in [1.165, 1.54) is 12.0 Å². The van der Waals surface area contributed by atoms with E-state index in [1.54, 1.807) is 0 Å². The highest BCUT2D eigenvalue weighted by Gasteiger charge is 2.17. The fourth-order valence-corrected chi connectivity index (χ4v) is 1.26. The molecule has 0 amide bonds. The molecule has 0 aliphatic carbocycles. The highest BCUT2D eigenvalue weighted by Crippen LogP contribution is 2.21. The molecule has 1 aliphatic rings. The van der Waals surface area contributed by atoms with Gasteiger partial charge < -0.3 is 5.32 Å². The first-order chi connectivity index (χ1) is 5.36. The Morgan fingerprint density at radius 2 is 2.45 bits per heavy atom. The van der Waals surface area contributed by atoms with Crippen molar-refractivity contribution in [2.24, 2.45) is 0 Å². The number of nitrogens with one attached hydrogen (secondary N) is 1. The first kappa shape index (κ1) is 6.80. The molecule has 1 aromatic heterocycles. The number of hydrogen-bond donors (Lipinski definition) is 1. The van der Waals surface area contributed by atoms with Crippen LogP contribution in [0.15, 0.2) is 18.3 Å². The van der Waals surface area contributed by atoms with Crippen molar-refractivity contribution in [1.29, 1.82) is 0 Å². The van der Waals surface area contributed by atoms with E-state index in [-0.39, 0.29) is 1.43 Å². The molecule has 2 nitrogen and oxygen atoms in total.